The topological polar surface area (TPSA) is 98.8 Å². The van der Waals surface area contributed by atoms with E-state index in [9.17, 15) is 18.0 Å². The zero-order valence-corrected chi connectivity index (χ0v) is 17.0. The van der Waals surface area contributed by atoms with Crippen LogP contribution in [0.5, 0.6) is 5.75 Å². The summed E-state index contributed by atoms with van der Waals surface area (Å²) in [5.41, 5.74) is 1.55. The van der Waals surface area contributed by atoms with Crippen molar-refractivity contribution >= 4 is 22.0 Å². The van der Waals surface area contributed by atoms with E-state index in [0.29, 0.717) is 5.56 Å². The van der Waals surface area contributed by atoms with Crippen LogP contribution in [0.15, 0.2) is 47.4 Å². The van der Waals surface area contributed by atoms with Crippen LogP contribution in [-0.2, 0) is 19.6 Å². The highest BCUT2D eigenvalue weighted by Crippen LogP contribution is 2.22. The molecule has 0 saturated heterocycles. The number of hydrogen-bond acceptors (Lipinski definition) is 6. The van der Waals surface area contributed by atoms with E-state index in [4.69, 9.17) is 8.92 Å². The number of benzene rings is 2. The van der Waals surface area contributed by atoms with E-state index < -0.39 is 28.6 Å². The van der Waals surface area contributed by atoms with Gasteiger partial charge in [0.1, 0.15) is 10.6 Å². The number of esters is 1. The van der Waals surface area contributed by atoms with Crippen LogP contribution in [0.3, 0.4) is 0 Å². The first-order chi connectivity index (χ1) is 13.1. The van der Waals surface area contributed by atoms with Gasteiger partial charge in [-0.15, -0.1) is 0 Å². The van der Waals surface area contributed by atoms with E-state index >= 15 is 0 Å². The van der Waals surface area contributed by atoms with E-state index in [0.717, 1.165) is 5.56 Å². The Labute approximate surface area is 164 Å². The third kappa shape index (κ3) is 5.82. The van der Waals surface area contributed by atoms with Crippen molar-refractivity contribution in [2.75, 3.05) is 6.61 Å². The highest BCUT2D eigenvalue weighted by molar-refractivity contribution is 7.87. The van der Waals surface area contributed by atoms with E-state index in [1.165, 1.54) is 24.3 Å². The summed E-state index contributed by atoms with van der Waals surface area (Å²) in [5.74, 6) is -1.03. The molecule has 0 heterocycles. The molecule has 2 aromatic rings. The van der Waals surface area contributed by atoms with Crippen LogP contribution in [0.1, 0.15) is 35.3 Å². The zero-order valence-electron chi connectivity index (χ0n) is 16.2. The van der Waals surface area contributed by atoms with Crippen molar-refractivity contribution < 1.29 is 26.9 Å². The number of carbonyl (C=O) groups is 2. The molecule has 1 amide bonds. The molecule has 0 unspecified atom stereocenters. The van der Waals surface area contributed by atoms with Gasteiger partial charge in [0.15, 0.2) is 6.61 Å². The summed E-state index contributed by atoms with van der Waals surface area (Å²) in [7, 11) is -4.00. The lowest BCUT2D eigenvalue weighted by Crippen LogP contribution is -2.33. The minimum Gasteiger partial charge on any atom is -0.452 e. The predicted molar refractivity (Wildman–Crippen MR) is 104 cm³/mol. The van der Waals surface area contributed by atoms with Crippen LogP contribution in [0.25, 0.3) is 0 Å². The fourth-order valence-electron chi connectivity index (χ4n) is 2.37. The largest absolute Gasteiger partial charge is 0.452 e. The lowest BCUT2D eigenvalue weighted by Gasteiger charge is -2.11. The quantitative estimate of drug-likeness (QED) is 0.562. The van der Waals surface area contributed by atoms with Crippen molar-refractivity contribution in [3.63, 3.8) is 0 Å². The number of rotatable bonds is 7. The van der Waals surface area contributed by atoms with Crippen molar-refractivity contribution in [3.8, 4) is 5.75 Å². The molecule has 0 saturated carbocycles. The SMILES string of the molecule is Cc1ccc(C)c(S(=O)(=O)Oc2ccc(C(=O)OCC(=O)NC(C)C)cc2)c1. The lowest BCUT2D eigenvalue weighted by atomic mass is 10.2. The summed E-state index contributed by atoms with van der Waals surface area (Å²) in [6.45, 7) is 6.68. The molecule has 0 aliphatic rings. The Morgan fingerprint density at radius 3 is 2.29 bits per heavy atom. The van der Waals surface area contributed by atoms with Gasteiger partial charge in [0.05, 0.1) is 5.56 Å². The van der Waals surface area contributed by atoms with Gasteiger partial charge in [0, 0.05) is 6.04 Å². The molecule has 0 aliphatic carbocycles. The second-order valence-corrected chi connectivity index (χ2v) is 8.14. The van der Waals surface area contributed by atoms with Crippen molar-refractivity contribution in [2.24, 2.45) is 0 Å². The van der Waals surface area contributed by atoms with Crippen molar-refractivity contribution in [1.29, 1.82) is 0 Å². The number of amides is 1. The standard InChI is InChI=1S/C20H23NO6S/c1-13(2)21-19(22)12-26-20(23)16-7-9-17(10-8-16)27-28(24,25)18-11-14(3)5-6-15(18)4/h5-11,13H,12H2,1-4H3,(H,21,22). The van der Waals surface area contributed by atoms with Gasteiger partial charge < -0.3 is 14.2 Å². The fraction of sp³-hybridized carbons (Fsp3) is 0.300. The Kier molecular flexibility index (Phi) is 6.80. The number of nitrogens with one attached hydrogen (secondary N) is 1. The molecule has 0 fully saturated rings. The maximum Gasteiger partial charge on any atom is 0.339 e. The molecular formula is C20H23NO6S. The van der Waals surface area contributed by atoms with Crippen LogP contribution >= 0.6 is 0 Å². The molecule has 1 N–H and O–H groups in total. The van der Waals surface area contributed by atoms with Crippen molar-refractivity contribution in [2.45, 2.75) is 38.6 Å². The molecule has 28 heavy (non-hydrogen) atoms. The van der Waals surface area contributed by atoms with E-state index in [2.05, 4.69) is 5.32 Å². The molecule has 8 heteroatoms. The van der Waals surface area contributed by atoms with Crippen LogP contribution in [0.2, 0.25) is 0 Å². The summed E-state index contributed by atoms with van der Waals surface area (Å²) < 4.78 is 35.1. The summed E-state index contributed by atoms with van der Waals surface area (Å²) in [6.07, 6.45) is 0. The molecule has 7 nitrogen and oxygen atoms in total. The van der Waals surface area contributed by atoms with E-state index in [-0.39, 0.29) is 22.3 Å². The van der Waals surface area contributed by atoms with Crippen LogP contribution in [0.4, 0.5) is 0 Å². The third-order valence-corrected chi connectivity index (χ3v) is 5.08. The van der Waals surface area contributed by atoms with Crippen LogP contribution < -0.4 is 9.50 Å². The maximum atomic E-state index is 12.5. The monoisotopic (exact) mass is 405 g/mol. The normalized spacial score (nSPS) is 11.2. The number of ether oxygens (including phenoxy) is 1. The molecule has 150 valence electrons. The number of aryl methyl sites for hydroxylation is 2. The minimum absolute atomic E-state index is 0.0541. The lowest BCUT2D eigenvalue weighted by molar-refractivity contribution is -0.124. The minimum atomic E-state index is -4.00. The first-order valence-corrected chi connectivity index (χ1v) is 10.1. The molecule has 0 spiro atoms. The van der Waals surface area contributed by atoms with Gasteiger partial charge >= 0.3 is 16.1 Å². The number of hydrogen-bond donors (Lipinski definition) is 1. The summed E-state index contributed by atoms with van der Waals surface area (Å²) >= 11 is 0. The maximum absolute atomic E-state index is 12.5. The van der Waals surface area contributed by atoms with Gasteiger partial charge in [0.2, 0.25) is 0 Å². The molecule has 2 aromatic carbocycles. The first-order valence-electron chi connectivity index (χ1n) is 8.67. The average Bonchev–Trinajstić information content (AvgIpc) is 2.61. The predicted octanol–water partition coefficient (Wildman–Crippen LogP) is 2.75. The smallest absolute Gasteiger partial charge is 0.339 e. The second kappa shape index (κ2) is 8.88. The second-order valence-electron chi connectivity index (χ2n) is 6.63. The molecule has 0 aliphatic heterocycles. The Hall–Kier alpha value is -2.87. The zero-order chi connectivity index (χ0) is 20.9. The van der Waals surface area contributed by atoms with Gasteiger partial charge in [-0.05, 0) is 69.2 Å². The summed E-state index contributed by atoms with van der Waals surface area (Å²) in [4.78, 5) is 23.6. The average molecular weight is 405 g/mol. The van der Waals surface area contributed by atoms with Crippen molar-refractivity contribution in [1.82, 2.24) is 5.32 Å². The molecule has 0 atom stereocenters. The van der Waals surface area contributed by atoms with E-state index in [1.54, 1.807) is 39.8 Å². The molecule has 2 rings (SSSR count). The Bertz CT molecular complexity index is 965. The van der Waals surface area contributed by atoms with Gasteiger partial charge in [0.25, 0.3) is 5.91 Å². The molecule has 0 aromatic heterocycles. The number of carbonyl (C=O) groups excluding carboxylic acids is 2. The fourth-order valence-corrected chi connectivity index (χ4v) is 3.62. The van der Waals surface area contributed by atoms with Gasteiger partial charge in [-0.2, -0.15) is 8.42 Å². The highest BCUT2D eigenvalue weighted by atomic mass is 32.2. The van der Waals surface area contributed by atoms with Gasteiger partial charge in [-0.25, -0.2) is 4.79 Å². The Morgan fingerprint density at radius 1 is 1.04 bits per heavy atom. The van der Waals surface area contributed by atoms with Crippen LogP contribution in [-0.4, -0.2) is 32.9 Å². The first kappa shape index (κ1) is 21.4. The molecular weight excluding hydrogens is 382 g/mol. The third-order valence-electron chi connectivity index (χ3n) is 3.69. The molecule has 0 radical (unpaired) electrons. The Balaban J connectivity index is 2.05. The Morgan fingerprint density at radius 2 is 1.68 bits per heavy atom. The van der Waals surface area contributed by atoms with E-state index in [1.807, 2.05) is 6.07 Å². The molecule has 0 bridgehead atoms. The van der Waals surface area contributed by atoms with Gasteiger partial charge in [-0.1, -0.05) is 12.1 Å². The van der Waals surface area contributed by atoms with Crippen molar-refractivity contribution in [3.05, 3.63) is 59.2 Å². The van der Waals surface area contributed by atoms with Crippen LogP contribution in [0, 0.1) is 13.8 Å². The summed E-state index contributed by atoms with van der Waals surface area (Å²) in [5, 5.41) is 2.61. The van der Waals surface area contributed by atoms with Gasteiger partial charge in [-0.3, -0.25) is 4.79 Å². The highest BCUT2D eigenvalue weighted by Gasteiger charge is 2.20. The summed E-state index contributed by atoms with van der Waals surface area (Å²) in [6, 6.07) is 10.5.